The molecule has 0 spiro atoms. The van der Waals surface area contributed by atoms with Gasteiger partial charge in [0.05, 0.1) is 23.8 Å². The van der Waals surface area contributed by atoms with Gasteiger partial charge < -0.3 is 10.1 Å². The second-order valence-corrected chi connectivity index (χ2v) is 7.33. The Kier molecular flexibility index (Phi) is 6.48. The molecule has 0 aromatic heterocycles. The molecule has 4 nitrogen and oxygen atoms in total. The Morgan fingerprint density at radius 3 is 2.52 bits per heavy atom. The van der Waals surface area contributed by atoms with Crippen LogP contribution in [0.3, 0.4) is 0 Å². The number of carbonyl (C=O) groups excluding carboxylic acids is 1. The van der Waals surface area contributed by atoms with Gasteiger partial charge in [-0.2, -0.15) is 0 Å². The molecule has 0 bridgehead atoms. The Balaban J connectivity index is 1.54. The van der Waals surface area contributed by atoms with Crippen molar-refractivity contribution in [1.29, 1.82) is 0 Å². The smallest absolute Gasteiger partial charge is 0.253 e. The molecule has 1 heterocycles. The fourth-order valence-electron chi connectivity index (χ4n) is 2.73. The summed E-state index contributed by atoms with van der Waals surface area (Å²) in [6, 6.07) is 13.6. The van der Waals surface area contributed by atoms with Crippen molar-refractivity contribution in [3.05, 3.63) is 68.7 Å². The van der Waals surface area contributed by atoms with Crippen LogP contribution in [0, 0.1) is 0 Å². The van der Waals surface area contributed by atoms with E-state index in [9.17, 15) is 4.79 Å². The number of nitrogens with one attached hydrogen (secondary N) is 1. The zero-order valence-electron chi connectivity index (χ0n) is 13.8. The van der Waals surface area contributed by atoms with Gasteiger partial charge in [-0.05, 0) is 29.3 Å². The highest BCUT2D eigenvalue weighted by atomic mass is 79.9. The predicted octanol–water partition coefficient (Wildman–Crippen LogP) is 3.86. The SMILES string of the molecule is O=C(NCc1ccc(CN2CCOCC2)cc1)c1cc(Br)ccc1Cl. The molecule has 1 aliphatic heterocycles. The fraction of sp³-hybridized carbons (Fsp3) is 0.316. The molecule has 25 heavy (non-hydrogen) atoms. The second-order valence-electron chi connectivity index (χ2n) is 6.01. The van der Waals surface area contributed by atoms with Crippen LogP contribution in [0.15, 0.2) is 46.9 Å². The van der Waals surface area contributed by atoms with Gasteiger partial charge in [0.15, 0.2) is 0 Å². The number of morpholine rings is 1. The Hall–Kier alpha value is -1.40. The lowest BCUT2D eigenvalue weighted by atomic mass is 10.1. The van der Waals surface area contributed by atoms with Crippen LogP contribution in [0.4, 0.5) is 0 Å². The molecule has 132 valence electrons. The first kappa shape index (κ1) is 18.4. The van der Waals surface area contributed by atoms with E-state index in [0.717, 1.165) is 42.9 Å². The summed E-state index contributed by atoms with van der Waals surface area (Å²) in [5, 5.41) is 3.36. The van der Waals surface area contributed by atoms with Crippen molar-refractivity contribution in [2.75, 3.05) is 26.3 Å². The zero-order chi connectivity index (χ0) is 17.6. The molecule has 1 amide bonds. The van der Waals surface area contributed by atoms with E-state index >= 15 is 0 Å². The van der Waals surface area contributed by atoms with Crippen molar-refractivity contribution >= 4 is 33.4 Å². The number of amides is 1. The maximum absolute atomic E-state index is 12.3. The number of halogens is 2. The standard InChI is InChI=1S/C19H20BrClN2O2/c20-16-5-6-18(21)17(11-16)19(24)22-12-14-1-3-15(4-2-14)13-23-7-9-25-10-8-23/h1-6,11H,7-10,12-13H2,(H,22,24). The summed E-state index contributed by atoms with van der Waals surface area (Å²) in [6.45, 7) is 4.98. The van der Waals surface area contributed by atoms with Crippen LogP contribution in [0.5, 0.6) is 0 Å². The molecule has 0 atom stereocenters. The number of hydrogen-bond acceptors (Lipinski definition) is 3. The number of rotatable bonds is 5. The van der Waals surface area contributed by atoms with Crippen molar-refractivity contribution in [2.45, 2.75) is 13.1 Å². The number of carbonyl (C=O) groups is 1. The lowest BCUT2D eigenvalue weighted by Crippen LogP contribution is -2.35. The van der Waals surface area contributed by atoms with Gasteiger partial charge in [0.1, 0.15) is 0 Å². The molecule has 0 unspecified atom stereocenters. The molecule has 1 saturated heterocycles. The molecule has 0 aliphatic carbocycles. The molecular formula is C19H20BrClN2O2. The van der Waals surface area contributed by atoms with Crippen LogP contribution in [0.2, 0.25) is 5.02 Å². The lowest BCUT2D eigenvalue weighted by Gasteiger charge is -2.26. The van der Waals surface area contributed by atoms with Crippen LogP contribution in [-0.4, -0.2) is 37.1 Å². The minimum atomic E-state index is -0.177. The molecule has 2 aromatic rings. The van der Waals surface area contributed by atoms with Crippen molar-refractivity contribution < 1.29 is 9.53 Å². The van der Waals surface area contributed by atoms with E-state index in [1.165, 1.54) is 5.56 Å². The molecule has 2 aromatic carbocycles. The van der Waals surface area contributed by atoms with Crippen molar-refractivity contribution in [2.24, 2.45) is 0 Å². The highest BCUT2D eigenvalue weighted by Crippen LogP contribution is 2.21. The average molecular weight is 424 g/mol. The summed E-state index contributed by atoms with van der Waals surface area (Å²) >= 11 is 9.45. The topological polar surface area (TPSA) is 41.6 Å². The van der Waals surface area contributed by atoms with Crippen molar-refractivity contribution in [3.63, 3.8) is 0 Å². The van der Waals surface area contributed by atoms with Gasteiger partial charge in [0.25, 0.3) is 5.91 Å². The number of nitrogens with zero attached hydrogens (tertiary/aromatic N) is 1. The third-order valence-corrected chi connectivity index (χ3v) is 4.98. The van der Waals surface area contributed by atoms with Crippen molar-refractivity contribution in [1.82, 2.24) is 10.2 Å². The molecule has 1 fully saturated rings. The lowest BCUT2D eigenvalue weighted by molar-refractivity contribution is 0.0342. The number of ether oxygens (including phenoxy) is 1. The molecule has 6 heteroatoms. The predicted molar refractivity (Wildman–Crippen MR) is 103 cm³/mol. The largest absolute Gasteiger partial charge is 0.379 e. The summed E-state index contributed by atoms with van der Waals surface area (Å²) in [4.78, 5) is 14.7. The van der Waals surface area contributed by atoms with Crippen LogP contribution in [0.1, 0.15) is 21.5 Å². The first-order valence-electron chi connectivity index (χ1n) is 8.23. The number of hydrogen-bond donors (Lipinski definition) is 1. The minimum Gasteiger partial charge on any atom is -0.379 e. The Morgan fingerprint density at radius 2 is 1.80 bits per heavy atom. The number of benzene rings is 2. The second kappa shape index (κ2) is 8.81. The Bertz CT molecular complexity index is 731. The quantitative estimate of drug-likeness (QED) is 0.794. The minimum absolute atomic E-state index is 0.177. The first-order valence-corrected chi connectivity index (χ1v) is 9.40. The van der Waals surface area contributed by atoms with Crippen molar-refractivity contribution in [3.8, 4) is 0 Å². The summed E-state index contributed by atoms with van der Waals surface area (Å²) in [5.74, 6) is -0.177. The van der Waals surface area contributed by atoms with Crippen LogP contribution < -0.4 is 5.32 Å². The molecule has 0 saturated carbocycles. The molecule has 3 rings (SSSR count). The van der Waals surface area contributed by atoms with Gasteiger partial charge in [-0.1, -0.05) is 51.8 Å². The third-order valence-electron chi connectivity index (χ3n) is 4.16. The average Bonchev–Trinajstić information content (AvgIpc) is 2.64. The van der Waals surface area contributed by atoms with E-state index in [-0.39, 0.29) is 5.91 Å². The van der Waals surface area contributed by atoms with Gasteiger partial charge in [-0.15, -0.1) is 0 Å². The maximum atomic E-state index is 12.3. The van der Waals surface area contributed by atoms with Crippen LogP contribution in [0.25, 0.3) is 0 Å². The van der Waals surface area contributed by atoms with E-state index in [2.05, 4.69) is 50.4 Å². The van der Waals surface area contributed by atoms with Crippen LogP contribution >= 0.6 is 27.5 Å². The Morgan fingerprint density at radius 1 is 1.12 bits per heavy atom. The van der Waals surface area contributed by atoms with E-state index in [1.807, 2.05) is 6.07 Å². The van der Waals surface area contributed by atoms with E-state index in [0.29, 0.717) is 17.1 Å². The highest BCUT2D eigenvalue weighted by molar-refractivity contribution is 9.10. The fourth-order valence-corrected chi connectivity index (χ4v) is 3.29. The van der Waals surface area contributed by atoms with Gasteiger partial charge in [0.2, 0.25) is 0 Å². The van der Waals surface area contributed by atoms with Gasteiger partial charge in [0, 0.05) is 30.7 Å². The Labute approximate surface area is 161 Å². The maximum Gasteiger partial charge on any atom is 0.253 e. The normalized spacial score (nSPS) is 15.1. The van der Waals surface area contributed by atoms with Crippen LogP contribution in [-0.2, 0) is 17.8 Å². The molecular weight excluding hydrogens is 404 g/mol. The highest BCUT2D eigenvalue weighted by Gasteiger charge is 2.12. The third kappa shape index (κ3) is 5.28. The zero-order valence-corrected chi connectivity index (χ0v) is 16.1. The van der Waals surface area contributed by atoms with Gasteiger partial charge in [-0.3, -0.25) is 9.69 Å². The monoisotopic (exact) mass is 422 g/mol. The molecule has 1 aliphatic rings. The summed E-state index contributed by atoms with van der Waals surface area (Å²) < 4.78 is 6.20. The van der Waals surface area contributed by atoms with E-state index in [1.54, 1.807) is 12.1 Å². The van der Waals surface area contributed by atoms with E-state index < -0.39 is 0 Å². The summed E-state index contributed by atoms with van der Waals surface area (Å²) in [5.41, 5.74) is 2.80. The summed E-state index contributed by atoms with van der Waals surface area (Å²) in [7, 11) is 0. The van der Waals surface area contributed by atoms with Gasteiger partial charge in [-0.25, -0.2) is 0 Å². The van der Waals surface area contributed by atoms with E-state index in [4.69, 9.17) is 16.3 Å². The molecule has 1 N–H and O–H groups in total. The summed E-state index contributed by atoms with van der Waals surface area (Å²) in [6.07, 6.45) is 0. The first-order chi connectivity index (χ1) is 12.1. The molecule has 0 radical (unpaired) electrons. The van der Waals surface area contributed by atoms with Gasteiger partial charge >= 0.3 is 0 Å².